The van der Waals surface area contributed by atoms with E-state index in [1.54, 1.807) is 23.2 Å². The van der Waals surface area contributed by atoms with Crippen molar-refractivity contribution in [3.8, 4) is 0 Å². The van der Waals surface area contributed by atoms with Gasteiger partial charge in [0.2, 0.25) is 0 Å². The van der Waals surface area contributed by atoms with Gasteiger partial charge in [0.1, 0.15) is 11.3 Å². The van der Waals surface area contributed by atoms with Crippen molar-refractivity contribution in [2.45, 2.75) is 32.6 Å². The normalized spacial score (nSPS) is 15.5. The van der Waals surface area contributed by atoms with Crippen LogP contribution in [0.3, 0.4) is 0 Å². The van der Waals surface area contributed by atoms with E-state index < -0.39 is 0 Å². The molecule has 2 N–H and O–H groups in total. The fraction of sp³-hybridized carbons (Fsp3) is 0.500. The van der Waals surface area contributed by atoms with Crippen LogP contribution in [0.1, 0.15) is 48.8 Å². The monoisotopic (exact) mass is 445 g/mol. The van der Waals surface area contributed by atoms with Gasteiger partial charge in [-0.2, -0.15) is 0 Å². The average molecular weight is 446 g/mol. The van der Waals surface area contributed by atoms with Gasteiger partial charge < -0.3 is 15.0 Å². The second-order valence-electron chi connectivity index (χ2n) is 8.01. The summed E-state index contributed by atoms with van der Waals surface area (Å²) in [7, 11) is 0. The first-order valence-corrected chi connectivity index (χ1v) is 11.2. The molecule has 2 aromatic heterocycles. The Morgan fingerprint density at radius 1 is 1.19 bits per heavy atom. The van der Waals surface area contributed by atoms with Crippen LogP contribution in [0.2, 0.25) is 5.02 Å². The zero-order valence-electron chi connectivity index (χ0n) is 17.9. The van der Waals surface area contributed by atoms with Gasteiger partial charge in [0.25, 0.3) is 11.5 Å². The topological polar surface area (TPSA) is 93.9 Å². The van der Waals surface area contributed by atoms with Crippen LogP contribution >= 0.6 is 11.6 Å². The number of H-pyrrole nitrogens is 1. The van der Waals surface area contributed by atoms with Crippen molar-refractivity contribution in [2.24, 2.45) is 0 Å². The molecule has 31 heavy (non-hydrogen) atoms. The number of halogens is 1. The van der Waals surface area contributed by atoms with Crippen molar-refractivity contribution < 1.29 is 9.90 Å². The maximum absolute atomic E-state index is 13.2. The Morgan fingerprint density at radius 3 is 2.55 bits per heavy atom. The van der Waals surface area contributed by atoms with Crippen LogP contribution in [0.4, 0.5) is 0 Å². The van der Waals surface area contributed by atoms with E-state index in [-0.39, 0.29) is 24.0 Å². The molecule has 0 spiro atoms. The molecule has 8 nitrogen and oxygen atoms in total. The molecule has 1 amide bonds. The molecule has 1 aromatic carbocycles. The number of aromatic nitrogens is 3. The molecule has 166 valence electrons. The third-order valence-electron chi connectivity index (χ3n) is 6.25. The number of piperazine rings is 1. The maximum Gasteiger partial charge on any atom is 0.274 e. The number of aliphatic hydroxyl groups excluding tert-OH is 1. The number of β-amino-alcohol motifs (C(OH)–C–C–N with tert-alkyl or cyclic N) is 1. The van der Waals surface area contributed by atoms with Gasteiger partial charge in [-0.1, -0.05) is 25.4 Å². The molecule has 4 rings (SSSR count). The summed E-state index contributed by atoms with van der Waals surface area (Å²) in [5.74, 6) is 0.913. The Morgan fingerprint density at radius 2 is 1.90 bits per heavy atom. The Labute approximate surface area is 185 Å². The van der Waals surface area contributed by atoms with Crippen molar-refractivity contribution in [2.75, 3.05) is 39.3 Å². The van der Waals surface area contributed by atoms with Gasteiger partial charge in [-0.05, 0) is 25.0 Å². The van der Waals surface area contributed by atoms with E-state index in [0.29, 0.717) is 54.3 Å². The molecule has 3 aromatic rings. The smallest absolute Gasteiger partial charge is 0.274 e. The highest BCUT2D eigenvalue weighted by Crippen LogP contribution is 2.28. The number of nitrogens with zero attached hydrogens (tertiary/aromatic N) is 4. The van der Waals surface area contributed by atoms with Gasteiger partial charge in [0.05, 0.1) is 34.4 Å². The SMILES string of the molecule is CCC(CC)c1ncc2c(=O)[nH]c3cc(C(=O)N4CCN(CCO)CC4)c(Cl)cc3n12. The number of hydrogen-bond acceptors (Lipinski definition) is 5. The third-order valence-corrected chi connectivity index (χ3v) is 6.57. The van der Waals surface area contributed by atoms with E-state index in [2.05, 4.69) is 28.7 Å². The third kappa shape index (κ3) is 3.95. The lowest BCUT2D eigenvalue weighted by Gasteiger charge is -2.34. The molecular formula is C22H28ClN5O3. The second kappa shape index (κ2) is 8.98. The number of carbonyl (C=O) groups excluding carboxylic acids is 1. The van der Waals surface area contributed by atoms with Crippen LogP contribution < -0.4 is 5.56 Å². The first-order chi connectivity index (χ1) is 15.0. The lowest BCUT2D eigenvalue weighted by molar-refractivity contribution is 0.0615. The fourth-order valence-electron chi connectivity index (χ4n) is 4.41. The molecule has 1 aliphatic rings. The Balaban J connectivity index is 1.75. The molecule has 0 unspecified atom stereocenters. The van der Waals surface area contributed by atoms with Gasteiger partial charge >= 0.3 is 0 Å². The molecule has 1 saturated heterocycles. The number of amides is 1. The van der Waals surface area contributed by atoms with Gasteiger partial charge in [0, 0.05) is 38.6 Å². The number of carbonyl (C=O) groups is 1. The molecule has 0 bridgehead atoms. The highest BCUT2D eigenvalue weighted by atomic mass is 35.5. The molecule has 9 heteroatoms. The summed E-state index contributed by atoms with van der Waals surface area (Å²) in [6, 6.07) is 3.43. The van der Waals surface area contributed by atoms with E-state index in [1.165, 1.54) is 0 Å². The fourth-order valence-corrected chi connectivity index (χ4v) is 4.64. The minimum absolute atomic E-state index is 0.111. The number of nitrogens with one attached hydrogen (secondary N) is 1. The number of rotatable bonds is 6. The summed E-state index contributed by atoms with van der Waals surface area (Å²) in [4.78, 5) is 37.2. The first-order valence-electron chi connectivity index (χ1n) is 10.8. The molecule has 0 aliphatic carbocycles. The Hall–Kier alpha value is -2.42. The number of imidazole rings is 1. The van der Waals surface area contributed by atoms with Crippen LogP contribution in [-0.4, -0.2) is 74.5 Å². The van der Waals surface area contributed by atoms with E-state index in [9.17, 15) is 9.59 Å². The number of aliphatic hydroxyl groups is 1. The number of fused-ring (bicyclic) bond motifs is 3. The predicted octanol–water partition coefficient (Wildman–Crippen LogP) is 2.48. The summed E-state index contributed by atoms with van der Waals surface area (Å²) in [5.41, 5.74) is 1.92. The minimum Gasteiger partial charge on any atom is -0.395 e. The molecule has 1 fully saturated rings. The van der Waals surface area contributed by atoms with Crippen LogP contribution in [0.25, 0.3) is 16.6 Å². The van der Waals surface area contributed by atoms with Gasteiger partial charge in [-0.15, -0.1) is 0 Å². The van der Waals surface area contributed by atoms with Gasteiger partial charge in [-0.3, -0.25) is 18.9 Å². The number of aromatic amines is 1. The average Bonchev–Trinajstić information content (AvgIpc) is 3.21. The first kappa shape index (κ1) is 21.8. The highest BCUT2D eigenvalue weighted by molar-refractivity contribution is 6.34. The van der Waals surface area contributed by atoms with E-state index in [0.717, 1.165) is 24.2 Å². The van der Waals surface area contributed by atoms with Gasteiger partial charge in [-0.25, -0.2) is 4.98 Å². The van der Waals surface area contributed by atoms with Crippen LogP contribution in [0, 0.1) is 0 Å². The Bertz CT molecular complexity index is 1160. The zero-order valence-corrected chi connectivity index (χ0v) is 18.7. The largest absolute Gasteiger partial charge is 0.395 e. The van der Waals surface area contributed by atoms with Crippen molar-refractivity contribution in [3.63, 3.8) is 0 Å². The number of hydrogen-bond donors (Lipinski definition) is 2. The van der Waals surface area contributed by atoms with Gasteiger partial charge in [0.15, 0.2) is 0 Å². The van der Waals surface area contributed by atoms with Crippen LogP contribution in [-0.2, 0) is 0 Å². The highest BCUT2D eigenvalue weighted by Gasteiger charge is 2.25. The summed E-state index contributed by atoms with van der Waals surface area (Å²) in [6.07, 6.45) is 3.43. The molecule has 0 saturated carbocycles. The maximum atomic E-state index is 13.2. The van der Waals surface area contributed by atoms with Crippen LogP contribution in [0.5, 0.6) is 0 Å². The molecule has 3 heterocycles. The van der Waals surface area contributed by atoms with Crippen molar-refractivity contribution in [1.82, 2.24) is 24.2 Å². The predicted molar refractivity (Wildman–Crippen MR) is 121 cm³/mol. The molecule has 0 radical (unpaired) electrons. The number of benzene rings is 1. The lowest BCUT2D eigenvalue weighted by Crippen LogP contribution is -2.49. The van der Waals surface area contributed by atoms with E-state index >= 15 is 0 Å². The quantitative estimate of drug-likeness (QED) is 0.608. The van der Waals surface area contributed by atoms with E-state index in [4.69, 9.17) is 16.7 Å². The summed E-state index contributed by atoms with van der Waals surface area (Å²) in [5, 5.41) is 9.46. The van der Waals surface area contributed by atoms with Crippen molar-refractivity contribution in [3.05, 3.63) is 45.1 Å². The molecular weight excluding hydrogens is 418 g/mol. The zero-order chi connectivity index (χ0) is 22.1. The van der Waals surface area contributed by atoms with E-state index in [1.807, 2.05) is 4.40 Å². The van der Waals surface area contributed by atoms with Crippen molar-refractivity contribution >= 4 is 34.1 Å². The molecule has 0 atom stereocenters. The molecule has 1 aliphatic heterocycles. The Kier molecular flexibility index (Phi) is 6.31. The van der Waals surface area contributed by atoms with Crippen molar-refractivity contribution in [1.29, 1.82) is 0 Å². The summed E-state index contributed by atoms with van der Waals surface area (Å²) >= 11 is 6.59. The second-order valence-corrected chi connectivity index (χ2v) is 8.42. The lowest BCUT2D eigenvalue weighted by atomic mass is 10.0. The summed E-state index contributed by atoms with van der Waals surface area (Å²) < 4.78 is 1.87. The van der Waals surface area contributed by atoms with Crippen LogP contribution in [0.15, 0.2) is 23.1 Å². The standard InChI is InChI=1S/C22H28ClN5O3/c1-3-14(4-2)20-24-13-19-21(30)25-17-11-15(16(23)12-18(17)28(19)20)22(31)27-7-5-26(6-8-27)9-10-29/h11-14,29H,3-10H2,1-2H3,(H,25,30). The summed E-state index contributed by atoms with van der Waals surface area (Å²) in [6.45, 7) is 7.50. The minimum atomic E-state index is -0.240.